The molecule has 1 atom stereocenters. The van der Waals surface area contributed by atoms with Crippen LogP contribution < -0.4 is 10.1 Å². The monoisotopic (exact) mass is 413 g/mol. The zero-order chi connectivity index (χ0) is 20.8. The second kappa shape index (κ2) is 7.39. The Morgan fingerprint density at radius 1 is 1.24 bits per heavy atom. The van der Waals surface area contributed by atoms with Crippen molar-refractivity contribution in [3.63, 3.8) is 0 Å². The summed E-state index contributed by atoms with van der Waals surface area (Å²) in [5, 5.41) is 15.1. The van der Waals surface area contributed by atoms with Crippen LogP contribution in [0.1, 0.15) is 53.6 Å². The lowest BCUT2D eigenvalue weighted by Crippen LogP contribution is -2.34. The summed E-state index contributed by atoms with van der Waals surface area (Å²) < 4.78 is 11.9. The number of nitrogens with one attached hydrogen (secondary N) is 1. The third-order valence-electron chi connectivity index (χ3n) is 5.32. The van der Waals surface area contributed by atoms with Gasteiger partial charge < -0.3 is 19.6 Å². The van der Waals surface area contributed by atoms with Crippen LogP contribution in [0.4, 0.5) is 0 Å². The number of halogens is 1. The van der Waals surface area contributed by atoms with Crippen LogP contribution in [-0.4, -0.2) is 23.2 Å². The molecule has 29 heavy (non-hydrogen) atoms. The summed E-state index contributed by atoms with van der Waals surface area (Å²) in [6, 6.07) is 11.1. The first-order chi connectivity index (χ1) is 13.7. The Balaban J connectivity index is 1.57. The summed E-state index contributed by atoms with van der Waals surface area (Å²) in [7, 11) is 0. The van der Waals surface area contributed by atoms with Gasteiger partial charge in [0.25, 0.3) is 5.91 Å². The lowest BCUT2D eigenvalue weighted by atomic mass is 9.89. The number of furan rings is 1. The molecule has 0 spiro atoms. The van der Waals surface area contributed by atoms with Gasteiger partial charge in [0.05, 0.1) is 6.10 Å². The minimum absolute atomic E-state index is 0.265. The third-order valence-corrected chi connectivity index (χ3v) is 5.57. The number of hydrogen-bond donors (Lipinski definition) is 2. The fourth-order valence-electron chi connectivity index (χ4n) is 3.95. The number of aliphatic hydroxyl groups is 1. The van der Waals surface area contributed by atoms with Gasteiger partial charge in [-0.15, -0.1) is 0 Å². The van der Waals surface area contributed by atoms with Crippen LogP contribution in [0.25, 0.3) is 11.0 Å². The van der Waals surface area contributed by atoms with Crippen LogP contribution >= 0.6 is 11.6 Å². The summed E-state index contributed by atoms with van der Waals surface area (Å²) in [6.45, 7) is 6.22. The Morgan fingerprint density at radius 2 is 1.97 bits per heavy atom. The first-order valence-corrected chi connectivity index (χ1v) is 10.1. The highest BCUT2D eigenvalue weighted by Crippen LogP contribution is 2.45. The average molecular weight is 414 g/mol. The number of aliphatic hydroxyl groups excluding tert-OH is 1. The molecular weight excluding hydrogens is 390 g/mol. The highest BCUT2D eigenvalue weighted by atomic mass is 35.5. The summed E-state index contributed by atoms with van der Waals surface area (Å²) in [5.74, 6) is 0.634. The van der Waals surface area contributed by atoms with Gasteiger partial charge in [-0.1, -0.05) is 23.7 Å². The summed E-state index contributed by atoms with van der Waals surface area (Å²) in [6.07, 6.45) is 0.500. The number of rotatable bonds is 4. The predicted octanol–water partition coefficient (Wildman–Crippen LogP) is 4.96. The second-order valence-corrected chi connectivity index (χ2v) is 8.56. The number of hydrogen-bond acceptors (Lipinski definition) is 4. The van der Waals surface area contributed by atoms with E-state index in [1.54, 1.807) is 12.1 Å². The van der Waals surface area contributed by atoms with Crippen molar-refractivity contribution >= 4 is 28.5 Å². The quantitative estimate of drug-likeness (QED) is 0.634. The molecule has 2 heterocycles. The van der Waals surface area contributed by atoms with Gasteiger partial charge in [-0.25, -0.2) is 0 Å². The second-order valence-electron chi connectivity index (χ2n) is 8.12. The van der Waals surface area contributed by atoms with Gasteiger partial charge in [0.1, 0.15) is 16.9 Å². The van der Waals surface area contributed by atoms with Crippen molar-refractivity contribution in [1.82, 2.24) is 5.32 Å². The molecule has 6 heteroatoms. The van der Waals surface area contributed by atoms with Gasteiger partial charge in [-0.05, 0) is 57.0 Å². The maximum absolute atomic E-state index is 12.7. The largest absolute Gasteiger partial charge is 0.487 e. The van der Waals surface area contributed by atoms with Gasteiger partial charge >= 0.3 is 0 Å². The van der Waals surface area contributed by atoms with Crippen molar-refractivity contribution in [3.8, 4) is 5.75 Å². The van der Waals surface area contributed by atoms with Crippen LogP contribution in [0.5, 0.6) is 5.75 Å². The Bertz CT molecular complexity index is 1070. The Hall–Kier alpha value is -2.50. The molecule has 1 aliphatic rings. The van der Waals surface area contributed by atoms with E-state index in [0.717, 1.165) is 10.9 Å². The molecule has 1 aliphatic heterocycles. The molecule has 0 aliphatic carbocycles. The smallest absolute Gasteiger partial charge is 0.287 e. The van der Waals surface area contributed by atoms with Crippen LogP contribution in [0.15, 0.2) is 40.8 Å². The van der Waals surface area contributed by atoms with E-state index in [2.05, 4.69) is 5.32 Å². The molecule has 0 saturated carbocycles. The van der Waals surface area contributed by atoms with Crippen molar-refractivity contribution < 1.29 is 19.1 Å². The summed E-state index contributed by atoms with van der Waals surface area (Å²) in [4.78, 5) is 12.7. The number of fused-ring (bicyclic) bond motifs is 3. The SMILES string of the molecule is Cc1c(C(=O)NCCc2ccc(Cl)cc2)oc2ccc3c(c12)[C@H](O)CC(C)(C)O3. The Morgan fingerprint density at radius 3 is 2.69 bits per heavy atom. The van der Waals surface area contributed by atoms with Crippen molar-refractivity contribution in [2.75, 3.05) is 6.54 Å². The fourth-order valence-corrected chi connectivity index (χ4v) is 4.07. The Kier molecular flexibility index (Phi) is 5.05. The van der Waals surface area contributed by atoms with E-state index in [1.165, 1.54) is 0 Å². The first kappa shape index (κ1) is 19.8. The highest BCUT2D eigenvalue weighted by molar-refractivity contribution is 6.30. The van der Waals surface area contributed by atoms with E-state index in [4.69, 9.17) is 20.8 Å². The molecular formula is C23H24ClNO4. The molecule has 2 aromatic carbocycles. The summed E-state index contributed by atoms with van der Waals surface area (Å²) >= 11 is 5.90. The zero-order valence-electron chi connectivity index (χ0n) is 16.7. The maximum atomic E-state index is 12.7. The lowest BCUT2D eigenvalue weighted by molar-refractivity contribution is 0.0126. The number of aryl methyl sites for hydroxylation is 1. The standard InChI is InChI=1S/C23H24ClNO4/c1-13-19-17(8-9-18-20(19)16(26)12-23(2,3)29-18)28-21(13)22(27)25-11-10-14-4-6-15(24)7-5-14/h4-9,16,26H,10-12H2,1-3H3,(H,25,27)/t16-/m1/s1. The van der Waals surface area contributed by atoms with Crippen molar-refractivity contribution in [2.45, 2.75) is 45.3 Å². The van der Waals surface area contributed by atoms with E-state index >= 15 is 0 Å². The number of carbonyl (C=O) groups excluding carboxylic acids is 1. The fraction of sp³-hybridized carbons (Fsp3) is 0.348. The van der Waals surface area contributed by atoms with Gasteiger partial charge in [0.2, 0.25) is 0 Å². The molecule has 2 N–H and O–H groups in total. The zero-order valence-corrected chi connectivity index (χ0v) is 17.5. The van der Waals surface area contributed by atoms with Gasteiger partial charge in [0, 0.05) is 34.5 Å². The normalized spacial score (nSPS) is 17.6. The molecule has 0 bridgehead atoms. The highest BCUT2D eigenvalue weighted by Gasteiger charge is 2.35. The molecule has 5 nitrogen and oxygen atoms in total. The van der Waals surface area contributed by atoms with E-state index in [9.17, 15) is 9.90 Å². The predicted molar refractivity (Wildman–Crippen MR) is 113 cm³/mol. The number of ether oxygens (including phenoxy) is 1. The molecule has 0 fully saturated rings. The van der Waals surface area contributed by atoms with E-state index in [0.29, 0.717) is 46.9 Å². The van der Waals surface area contributed by atoms with Crippen LogP contribution in [0.2, 0.25) is 5.02 Å². The van der Waals surface area contributed by atoms with Crippen LogP contribution in [0.3, 0.4) is 0 Å². The molecule has 0 unspecified atom stereocenters. The molecule has 0 radical (unpaired) electrons. The van der Waals surface area contributed by atoms with Crippen molar-refractivity contribution in [3.05, 3.63) is 63.9 Å². The molecule has 3 aromatic rings. The minimum atomic E-state index is -0.672. The Labute approximate surface area is 174 Å². The van der Waals surface area contributed by atoms with Gasteiger partial charge in [-0.3, -0.25) is 4.79 Å². The van der Waals surface area contributed by atoms with Gasteiger partial charge in [0.15, 0.2) is 5.76 Å². The molecule has 152 valence electrons. The van der Waals surface area contributed by atoms with E-state index in [1.807, 2.05) is 45.0 Å². The van der Waals surface area contributed by atoms with Gasteiger partial charge in [-0.2, -0.15) is 0 Å². The van der Waals surface area contributed by atoms with Crippen LogP contribution in [-0.2, 0) is 6.42 Å². The molecule has 0 saturated heterocycles. The first-order valence-electron chi connectivity index (χ1n) is 9.71. The van der Waals surface area contributed by atoms with E-state index < -0.39 is 11.7 Å². The van der Waals surface area contributed by atoms with Crippen molar-refractivity contribution in [1.29, 1.82) is 0 Å². The molecule has 1 aromatic heterocycles. The topological polar surface area (TPSA) is 71.7 Å². The number of benzene rings is 2. The minimum Gasteiger partial charge on any atom is -0.487 e. The molecule has 4 rings (SSSR count). The van der Waals surface area contributed by atoms with Crippen LogP contribution in [0, 0.1) is 6.92 Å². The average Bonchev–Trinajstić information content (AvgIpc) is 2.99. The number of carbonyl (C=O) groups is 1. The van der Waals surface area contributed by atoms with E-state index in [-0.39, 0.29) is 11.7 Å². The number of amides is 1. The lowest BCUT2D eigenvalue weighted by Gasteiger charge is -2.35. The summed E-state index contributed by atoms with van der Waals surface area (Å²) in [5.41, 5.74) is 2.63. The maximum Gasteiger partial charge on any atom is 0.287 e. The third kappa shape index (κ3) is 3.85. The molecule has 1 amide bonds. The van der Waals surface area contributed by atoms with Crippen molar-refractivity contribution in [2.24, 2.45) is 0 Å².